The van der Waals surface area contributed by atoms with Crippen molar-refractivity contribution in [3.8, 4) is 0 Å². The number of esters is 1. The molecule has 0 N–H and O–H groups in total. The molecule has 1 aliphatic heterocycles. The van der Waals surface area contributed by atoms with Gasteiger partial charge in [-0.1, -0.05) is 36.4 Å². The molecule has 2 aromatic heterocycles. The Bertz CT molecular complexity index is 1470. The van der Waals surface area contributed by atoms with Crippen molar-refractivity contribution in [1.82, 2.24) is 9.13 Å². The molecule has 0 spiro atoms. The highest BCUT2D eigenvalue weighted by molar-refractivity contribution is 5.98. The van der Waals surface area contributed by atoms with E-state index in [1.54, 1.807) is 0 Å². The van der Waals surface area contributed by atoms with Crippen molar-refractivity contribution in [2.45, 2.75) is 32.3 Å². The predicted octanol–water partition coefficient (Wildman–Crippen LogP) is 5.16. The van der Waals surface area contributed by atoms with Gasteiger partial charge in [0.05, 0.1) is 16.5 Å². The average Bonchev–Trinajstić information content (AvgIpc) is 3.36. The van der Waals surface area contributed by atoms with Crippen LogP contribution in [-0.2, 0) is 30.9 Å². The number of allylic oxidation sites excluding steroid dienone is 1. The molecule has 4 nitrogen and oxygen atoms in total. The molecule has 3 heterocycles. The van der Waals surface area contributed by atoms with Crippen LogP contribution in [0.1, 0.15) is 56.1 Å². The van der Waals surface area contributed by atoms with Gasteiger partial charge in [0.1, 0.15) is 0 Å². The molecule has 1 atom stereocenters. The number of fused-ring (bicyclic) bond motifs is 3. The molecular weight excluding hydrogens is 396 g/mol. The minimum Gasteiger partial charge on any atom is -0.440 e. The Balaban J connectivity index is 1.83. The van der Waals surface area contributed by atoms with E-state index >= 15 is 0 Å². The lowest BCUT2D eigenvalue weighted by Crippen LogP contribution is -2.32. The van der Waals surface area contributed by atoms with Crippen LogP contribution in [0.25, 0.3) is 17.0 Å². The van der Waals surface area contributed by atoms with Gasteiger partial charge in [0.25, 0.3) is 0 Å². The summed E-state index contributed by atoms with van der Waals surface area (Å²) in [6, 6.07) is 18.2. The number of aromatic nitrogens is 2. The summed E-state index contributed by atoms with van der Waals surface area (Å²) in [5.41, 5.74) is 8.26. The van der Waals surface area contributed by atoms with Crippen molar-refractivity contribution < 1.29 is 9.53 Å². The van der Waals surface area contributed by atoms with Gasteiger partial charge in [-0.2, -0.15) is 0 Å². The van der Waals surface area contributed by atoms with E-state index in [2.05, 4.69) is 67.4 Å². The first-order chi connectivity index (χ1) is 15.5. The molecule has 2 aromatic carbocycles. The number of cyclic esters (lactones) is 1. The van der Waals surface area contributed by atoms with Gasteiger partial charge in [-0.3, -0.25) is 0 Å². The summed E-state index contributed by atoms with van der Waals surface area (Å²) in [6.45, 7) is 4.23. The Morgan fingerprint density at radius 2 is 1.81 bits per heavy atom. The van der Waals surface area contributed by atoms with Crippen LogP contribution in [-0.4, -0.2) is 15.1 Å². The van der Waals surface area contributed by atoms with Crippen LogP contribution >= 0.6 is 0 Å². The first-order valence-corrected chi connectivity index (χ1v) is 11.0. The Morgan fingerprint density at radius 3 is 2.66 bits per heavy atom. The molecule has 0 amide bonds. The van der Waals surface area contributed by atoms with E-state index in [-0.39, 0.29) is 5.97 Å². The first kappa shape index (κ1) is 19.0. The fourth-order valence-electron chi connectivity index (χ4n) is 5.78. The van der Waals surface area contributed by atoms with Crippen LogP contribution in [0.5, 0.6) is 0 Å². The SMILES string of the molecule is Cc1c(C2(c3c(C)n(C)c4ccc#cc34)OC(=O)c3ccccc32)c2c(n1C)C=CCC2. The number of carbonyl (C=O) groups excluding carboxylic acids is 1. The van der Waals surface area contributed by atoms with Gasteiger partial charge < -0.3 is 13.9 Å². The summed E-state index contributed by atoms with van der Waals surface area (Å²) >= 11 is 0. The van der Waals surface area contributed by atoms with E-state index in [0.717, 1.165) is 51.8 Å². The molecular formula is C28H24N2O2. The van der Waals surface area contributed by atoms with E-state index in [1.165, 1.54) is 11.3 Å². The highest BCUT2D eigenvalue weighted by Crippen LogP contribution is 2.53. The summed E-state index contributed by atoms with van der Waals surface area (Å²) in [7, 11) is 4.15. The molecule has 4 aromatic rings. The van der Waals surface area contributed by atoms with Gasteiger partial charge in [-0.05, 0) is 56.5 Å². The normalized spacial score (nSPS) is 19.1. The number of carbonyl (C=O) groups is 1. The maximum atomic E-state index is 13.3. The zero-order valence-corrected chi connectivity index (χ0v) is 18.7. The van der Waals surface area contributed by atoms with Crippen molar-refractivity contribution in [2.24, 2.45) is 14.1 Å². The van der Waals surface area contributed by atoms with Gasteiger partial charge in [0.15, 0.2) is 5.60 Å². The molecule has 32 heavy (non-hydrogen) atoms. The second-order valence-electron chi connectivity index (χ2n) is 8.82. The Kier molecular flexibility index (Phi) is 3.80. The maximum absolute atomic E-state index is 13.3. The third-order valence-electron chi connectivity index (χ3n) is 7.40. The zero-order valence-electron chi connectivity index (χ0n) is 18.7. The number of rotatable bonds is 2. The number of aryl methyl sites for hydroxylation is 1. The second-order valence-corrected chi connectivity index (χ2v) is 8.82. The summed E-state index contributed by atoms with van der Waals surface area (Å²) in [6.07, 6.45) is 6.31. The number of hydrogen-bond donors (Lipinski definition) is 0. The number of benzene rings is 1. The maximum Gasteiger partial charge on any atom is 0.340 e. The van der Waals surface area contributed by atoms with Gasteiger partial charge in [0.2, 0.25) is 0 Å². The summed E-state index contributed by atoms with van der Waals surface area (Å²) in [5, 5.41) is 0.945. The van der Waals surface area contributed by atoms with Crippen LogP contribution in [0.4, 0.5) is 0 Å². The molecule has 0 saturated carbocycles. The first-order valence-electron chi connectivity index (χ1n) is 11.0. The lowest BCUT2D eigenvalue weighted by molar-refractivity contribution is 0.0249. The third kappa shape index (κ3) is 2.16. The Morgan fingerprint density at radius 1 is 1.03 bits per heavy atom. The lowest BCUT2D eigenvalue weighted by Gasteiger charge is -2.32. The van der Waals surface area contributed by atoms with Gasteiger partial charge in [0, 0.05) is 47.9 Å². The van der Waals surface area contributed by atoms with Crippen molar-refractivity contribution in [1.29, 1.82) is 0 Å². The third-order valence-corrected chi connectivity index (χ3v) is 7.40. The largest absolute Gasteiger partial charge is 0.440 e. The monoisotopic (exact) mass is 420 g/mol. The highest BCUT2D eigenvalue weighted by Gasteiger charge is 2.53. The smallest absolute Gasteiger partial charge is 0.340 e. The molecule has 1 aliphatic carbocycles. The molecule has 6 rings (SSSR count). The number of nitrogens with zero attached hydrogens (tertiary/aromatic N) is 2. The molecule has 0 fully saturated rings. The minimum absolute atomic E-state index is 0.278. The molecule has 1 unspecified atom stereocenters. The summed E-state index contributed by atoms with van der Waals surface area (Å²) < 4.78 is 10.9. The summed E-state index contributed by atoms with van der Waals surface area (Å²) in [5.74, 6) is -0.278. The van der Waals surface area contributed by atoms with Crippen molar-refractivity contribution in [3.63, 3.8) is 0 Å². The van der Waals surface area contributed by atoms with E-state index in [9.17, 15) is 4.79 Å². The number of ether oxygens (including phenoxy) is 1. The number of hydrogen-bond acceptors (Lipinski definition) is 2. The van der Waals surface area contributed by atoms with E-state index < -0.39 is 5.60 Å². The summed E-state index contributed by atoms with van der Waals surface area (Å²) in [4.78, 5) is 13.3. The van der Waals surface area contributed by atoms with Crippen molar-refractivity contribution in [2.75, 3.05) is 0 Å². The Labute approximate surface area is 187 Å². The fraction of sp³-hybridized carbons (Fsp3) is 0.250. The molecule has 0 bridgehead atoms. The molecule has 158 valence electrons. The zero-order chi connectivity index (χ0) is 22.2. The van der Waals surface area contributed by atoms with E-state index in [4.69, 9.17) is 4.74 Å². The van der Waals surface area contributed by atoms with Crippen LogP contribution in [0.3, 0.4) is 0 Å². The standard InChI is InChI=1S/C28H24N2O2/c1-17-25(20-12-6-9-15-23(20)29(17)3)28(22-14-8-5-11-19(22)27(31)32-28)26-18(2)30(4)24-16-10-7-13-21(24)26/h5,8-11,14-16H,6,12H2,1-4H3. The van der Waals surface area contributed by atoms with Gasteiger partial charge in [-0.25, -0.2) is 4.79 Å². The average molecular weight is 421 g/mol. The van der Waals surface area contributed by atoms with Crippen LogP contribution in [0, 0.1) is 26.0 Å². The molecule has 4 heteroatoms. The lowest BCUT2D eigenvalue weighted by atomic mass is 9.76. The van der Waals surface area contributed by atoms with Crippen LogP contribution in [0.15, 0.2) is 42.5 Å². The highest BCUT2D eigenvalue weighted by atomic mass is 16.6. The molecule has 2 aliphatic rings. The quantitative estimate of drug-likeness (QED) is 0.420. The van der Waals surface area contributed by atoms with Crippen molar-refractivity contribution in [3.05, 3.63) is 99.5 Å². The predicted molar refractivity (Wildman–Crippen MR) is 125 cm³/mol. The second kappa shape index (κ2) is 6.40. The van der Waals surface area contributed by atoms with Crippen LogP contribution < -0.4 is 0 Å². The van der Waals surface area contributed by atoms with Crippen molar-refractivity contribution >= 4 is 22.9 Å². The topological polar surface area (TPSA) is 36.2 Å². The van der Waals surface area contributed by atoms with E-state index in [1.807, 2.05) is 30.3 Å². The Hall–Kier alpha value is -3.71. The molecule has 0 radical (unpaired) electrons. The van der Waals surface area contributed by atoms with Crippen LogP contribution in [0.2, 0.25) is 0 Å². The van der Waals surface area contributed by atoms with Gasteiger partial charge >= 0.3 is 5.97 Å². The molecule has 0 saturated heterocycles. The fourth-order valence-corrected chi connectivity index (χ4v) is 5.78. The van der Waals surface area contributed by atoms with E-state index in [0.29, 0.717) is 5.56 Å². The minimum atomic E-state index is -1.02. The van der Waals surface area contributed by atoms with Gasteiger partial charge in [-0.15, -0.1) is 0 Å².